The molecule has 82 valence electrons. The van der Waals surface area contributed by atoms with Gasteiger partial charge in [0, 0.05) is 23.5 Å². The van der Waals surface area contributed by atoms with Crippen molar-refractivity contribution in [3.8, 4) is 11.1 Å². The first kappa shape index (κ1) is 10.4. The SMILES string of the molecule is Cc1noc(C)c1-c1cnccc1C(=O)O. The van der Waals surface area contributed by atoms with E-state index in [2.05, 4.69) is 10.1 Å². The third kappa shape index (κ3) is 1.56. The molecule has 1 N–H and O–H groups in total. The summed E-state index contributed by atoms with van der Waals surface area (Å²) in [6.45, 7) is 3.51. The Morgan fingerprint density at radius 2 is 2.19 bits per heavy atom. The molecule has 0 aliphatic carbocycles. The Balaban J connectivity index is 2.69. The van der Waals surface area contributed by atoms with Gasteiger partial charge in [-0.15, -0.1) is 0 Å². The lowest BCUT2D eigenvalue weighted by Crippen LogP contribution is -2.00. The molecule has 0 amide bonds. The van der Waals surface area contributed by atoms with E-state index in [1.807, 2.05) is 0 Å². The van der Waals surface area contributed by atoms with E-state index in [0.29, 0.717) is 22.6 Å². The second-order valence-corrected chi connectivity index (χ2v) is 3.43. The van der Waals surface area contributed by atoms with Crippen molar-refractivity contribution in [2.75, 3.05) is 0 Å². The van der Waals surface area contributed by atoms with Crippen molar-refractivity contribution in [2.45, 2.75) is 13.8 Å². The van der Waals surface area contributed by atoms with Gasteiger partial charge in [0.1, 0.15) is 5.76 Å². The number of aromatic carboxylic acids is 1. The minimum Gasteiger partial charge on any atom is -0.478 e. The minimum absolute atomic E-state index is 0.199. The number of carboxylic acids is 1. The second-order valence-electron chi connectivity index (χ2n) is 3.43. The van der Waals surface area contributed by atoms with Gasteiger partial charge in [-0.1, -0.05) is 5.16 Å². The Labute approximate surface area is 91.7 Å². The Bertz CT molecular complexity index is 526. The maximum absolute atomic E-state index is 11.1. The molecule has 0 bridgehead atoms. The van der Waals surface area contributed by atoms with E-state index in [0.717, 1.165) is 0 Å². The zero-order valence-electron chi connectivity index (χ0n) is 8.89. The Hall–Kier alpha value is -2.17. The van der Waals surface area contributed by atoms with E-state index in [4.69, 9.17) is 9.63 Å². The monoisotopic (exact) mass is 218 g/mol. The van der Waals surface area contributed by atoms with Crippen molar-refractivity contribution in [1.82, 2.24) is 10.1 Å². The number of carboxylic acid groups (broad SMARTS) is 1. The molecule has 2 heterocycles. The maximum Gasteiger partial charge on any atom is 0.336 e. The van der Waals surface area contributed by atoms with Crippen molar-refractivity contribution >= 4 is 5.97 Å². The van der Waals surface area contributed by atoms with Crippen LogP contribution in [0.1, 0.15) is 21.8 Å². The standard InChI is InChI=1S/C11H10N2O3/c1-6-10(7(2)16-13-6)9-5-12-4-3-8(9)11(14)15/h3-5H,1-2H3,(H,14,15). The van der Waals surface area contributed by atoms with Gasteiger partial charge in [-0.2, -0.15) is 0 Å². The van der Waals surface area contributed by atoms with E-state index < -0.39 is 5.97 Å². The van der Waals surface area contributed by atoms with Crippen LogP contribution < -0.4 is 0 Å². The van der Waals surface area contributed by atoms with Crippen molar-refractivity contribution in [3.63, 3.8) is 0 Å². The molecule has 0 atom stereocenters. The van der Waals surface area contributed by atoms with Gasteiger partial charge in [0.15, 0.2) is 0 Å². The Morgan fingerprint density at radius 3 is 2.75 bits per heavy atom. The molecule has 2 aromatic rings. The van der Waals surface area contributed by atoms with Crippen LogP contribution in [0, 0.1) is 13.8 Å². The zero-order chi connectivity index (χ0) is 11.7. The van der Waals surface area contributed by atoms with Gasteiger partial charge in [-0.25, -0.2) is 4.79 Å². The molecule has 0 saturated carbocycles. The van der Waals surface area contributed by atoms with Crippen molar-refractivity contribution in [1.29, 1.82) is 0 Å². The summed E-state index contributed by atoms with van der Waals surface area (Å²) in [5.74, 6) is -0.398. The van der Waals surface area contributed by atoms with Crippen molar-refractivity contribution < 1.29 is 14.4 Å². The van der Waals surface area contributed by atoms with Crippen molar-refractivity contribution in [2.24, 2.45) is 0 Å². The number of rotatable bonds is 2. The van der Waals surface area contributed by atoms with E-state index >= 15 is 0 Å². The summed E-state index contributed by atoms with van der Waals surface area (Å²) in [5, 5.41) is 12.9. The number of pyridine rings is 1. The van der Waals surface area contributed by atoms with Gasteiger partial charge >= 0.3 is 5.97 Å². The van der Waals surface area contributed by atoms with Gasteiger partial charge in [0.2, 0.25) is 0 Å². The molecular weight excluding hydrogens is 208 g/mol. The lowest BCUT2D eigenvalue weighted by molar-refractivity contribution is 0.0697. The first-order valence-corrected chi connectivity index (χ1v) is 4.72. The molecule has 0 unspecified atom stereocenters. The molecule has 0 aliphatic heterocycles. The molecule has 0 aromatic carbocycles. The average molecular weight is 218 g/mol. The van der Waals surface area contributed by atoms with Crippen LogP contribution in [-0.4, -0.2) is 21.2 Å². The van der Waals surface area contributed by atoms with Gasteiger partial charge in [0.05, 0.1) is 11.3 Å². The summed E-state index contributed by atoms with van der Waals surface area (Å²) >= 11 is 0. The fraction of sp³-hybridized carbons (Fsp3) is 0.182. The predicted molar refractivity (Wildman–Crippen MR) is 56.2 cm³/mol. The second kappa shape index (κ2) is 3.77. The van der Waals surface area contributed by atoms with E-state index in [-0.39, 0.29) is 5.56 Å². The van der Waals surface area contributed by atoms with Crippen LogP contribution in [0.4, 0.5) is 0 Å². The smallest absolute Gasteiger partial charge is 0.336 e. The molecular formula is C11H10N2O3. The molecule has 2 aromatic heterocycles. The molecule has 0 aliphatic rings. The fourth-order valence-corrected chi connectivity index (χ4v) is 1.65. The normalized spacial score (nSPS) is 10.4. The summed E-state index contributed by atoms with van der Waals surface area (Å²) in [7, 11) is 0. The van der Waals surface area contributed by atoms with Gasteiger partial charge in [-0.05, 0) is 19.9 Å². The molecule has 0 spiro atoms. The first-order chi connectivity index (χ1) is 7.61. The Morgan fingerprint density at radius 1 is 1.44 bits per heavy atom. The predicted octanol–water partition coefficient (Wildman–Crippen LogP) is 2.05. The third-order valence-electron chi connectivity index (χ3n) is 2.35. The summed E-state index contributed by atoms with van der Waals surface area (Å²) in [4.78, 5) is 15.0. The number of carbonyl (C=O) groups is 1. The number of aryl methyl sites for hydroxylation is 2. The van der Waals surface area contributed by atoms with Gasteiger partial charge in [0.25, 0.3) is 0 Å². The molecule has 5 heteroatoms. The number of hydrogen-bond donors (Lipinski definition) is 1. The van der Waals surface area contributed by atoms with Crippen LogP contribution in [0.2, 0.25) is 0 Å². The summed E-state index contributed by atoms with van der Waals surface area (Å²) < 4.78 is 5.01. The maximum atomic E-state index is 11.1. The highest BCUT2D eigenvalue weighted by atomic mass is 16.5. The first-order valence-electron chi connectivity index (χ1n) is 4.72. The topological polar surface area (TPSA) is 76.2 Å². The minimum atomic E-state index is -0.989. The van der Waals surface area contributed by atoms with Crippen LogP contribution >= 0.6 is 0 Å². The van der Waals surface area contributed by atoms with Crippen LogP contribution in [0.25, 0.3) is 11.1 Å². The molecule has 5 nitrogen and oxygen atoms in total. The summed E-state index contributed by atoms with van der Waals surface area (Å²) in [6.07, 6.45) is 2.96. The molecule has 2 rings (SSSR count). The van der Waals surface area contributed by atoms with Crippen molar-refractivity contribution in [3.05, 3.63) is 35.5 Å². The van der Waals surface area contributed by atoms with Crippen LogP contribution in [0.3, 0.4) is 0 Å². The molecule has 0 radical (unpaired) electrons. The van der Waals surface area contributed by atoms with Crippen LogP contribution in [0.5, 0.6) is 0 Å². The average Bonchev–Trinajstić information content (AvgIpc) is 2.58. The van der Waals surface area contributed by atoms with Gasteiger partial charge in [-0.3, -0.25) is 4.98 Å². The zero-order valence-corrected chi connectivity index (χ0v) is 8.89. The van der Waals surface area contributed by atoms with E-state index in [1.165, 1.54) is 18.5 Å². The van der Waals surface area contributed by atoms with Gasteiger partial charge < -0.3 is 9.63 Å². The molecule has 0 fully saturated rings. The van der Waals surface area contributed by atoms with Crippen LogP contribution in [-0.2, 0) is 0 Å². The highest BCUT2D eigenvalue weighted by molar-refractivity contribution is 5.96. The number of aromatic nitrogens is 2. The largest absolute Gasteiger partial charge is 0.478 e. The molecule has 16 heavy (non-hydrogen) atoms. The van der Waals surface area contributed by atoms with Crippen LogP contribution in [0.15, 0.2) is 23.0 Å². The number of hydrogen-bond acceptors (Lipinski definition) is 4. The summed E-state index contributed by atoms with van der Waals surface area (Å²) in [6, 6.07) is 1.46. The Kier molecular flexibility index (Phi) is 2.44. The highest BCUT2D eigenvalue weighted by Crippen LogP contribution is 2.28. The highest BCUT2D eigenvalue weighted by Gasteiger charge is 2.18. The fourth-order valence-electron chi connectivity index (χ4n) is 1.65. The lowest BCUT2D eigenvalue weighted by Gasteiger charge is -2.03. The van der Waals surface area contributed by atoms with E-state index in [9.17, 15) is 4.79 Å². The number of nitrogens with zero attached hydrogens (tertiary/aromatic N) is 2. The summed E-state index contributed by atoms with van der Waals surface area (Å²) in [5.41, 5.74) is 2.09. The third-order valence-corrected chi connectivity index (χ3v) is 2.35. The quantitative estimate of drug-likeness (QED) is 0.834. The van der Waals surface area contributed by atoms with E-state index in [1.54, 1.807) is 13.8 Å². The lowest BCUT2D eigenvalue weighted by atomic mass is 10.0. The molecule has 0 saturated heterocycles.